The van der Waals surface area contributed by atoms with E-state index >= 15 is 0 Å². The van der Waals surface area contributed by atoms with Crippen LogP contribution in [-0.2, 0) is 49.0 Å². The molecule has 18 heteroatoms. The summed E-state index contributed by atoms with van der Waals surface area (Å²) in [6.07, 6.45) is 21.6. The quantitative estimate of drug-likeness (QED) is 0.0171. The summed E-state index contributed by atoms with van der Waals surface area (Å²) in [6, 6.07) is 0. The van der Waals surface area contributed by atoms with Gasteiger partial charge in [-0.15, -0.1) is 0 Å². The second-order valence-corrected chi connectivity index (χ2v) is 21.6. The highest BCUT2D eigenvalue weighted by Crippen LogP contribution is 2.49. The second-order valence-electron chi connectivity index (χ2n) is 17.6. The van der Waals surface area contributed by atoms with Gasteiger partial charge in [0.05, 0.1) is 6.61 Å². The van der Waals surface area contributed by atoms with Crippen LogP contribution in [0.3, 0.4) is 0 Å². The first kappa shape index (κ1) is 60.4. The van der Waals surface area contributed by atoms with Crippen molar-refractivity contribution in [2.75, 3.05) is 13.2 Å². The number of esters is 2. The number of aliphatic hydroxyl groups is 4. The average molecular weight is 963 g/mol. The largest absolute Gasteiger partial charge is 0.472 e. The maximum atomic E-state index is 13.0. The Morgan fingerprint density at radius 3 is 1.17 bits per heavy atom. The molecule has 1 fully saturated rings. The van der Waals surface area contributed by atoms with Crippen molar-refractivity contribution < 1.29 is 72.3 Å². The van der Waals surface area contributed by atoms with E-state index < -0.39 is 82.4 Å². The molecule has 0 saturated heterocycles. The molecule has 0 bridgehead atoms. The van der Waals surface area contributed by atoms with Crippen molar-refractivity contribution >= 4 is 38.3 Å². The molecule has 0 heterocycles. The number of hydrogen-bond donors (Lipinski definition) is 7. The third-order valence-corrected chi connectivity index (χ3v) is 13.4. The summed E-state index contributed by atoms with van der Waals surface area (Å²) >= 11 is 4.38. The first-order valence-electron chi connectivity index (χ1n) is 24.6. The summed E-state index contributed by atoms with van der Waals surface area (Å²) in [7, 11) is -5.25. The molecule has 1 rings (SSSR count). The van der Waals surface area contributed by atoms with E-state index in [1.165, 1.54) is 135 Å². The number of ether oxygens (including phenoxy) is 2. The molecule has 15 nitrogen and oxygen atoms in total. The lowest BCUT2D eigenvalue weighted by Crippen LogP contribution is -2.64. The topological polar surface area (TPSA) is 239 Å². The number of phosphoric ester groups is 1. The van der Waals surface area contributed by atoms with Crippen LogP contribution >= 0.6 is 14.5 Å². The third kappa shape index (κ3) is 31.9. The predicted molar refractivity (Wildman–Crippen MR) is 248 cm³/mol. The number of aliphatic hydroxyl groups excluding tert-OH is 4. The van der Waals surface area contributed by atoms with Crippen molar-refractivity contribution in [2.45, 2.75) is 262 Å². The second kappa shape index (κ2) is 37.4. The Balaban J connectivity index is 2.56. The highest BCUT2D eigenvalue weighted by molar-refractivity contribution is 8.06. The standard InChI is InChI=1S/C45H88O15P2S/c1-3-5-7-9-11-13-15-17-19-21-23-25-27-29-31-33-38(46)56-35-37(58-39(47)34-32-30-28-26-24-22-20-18-16-14-12-10-8-6-4-2)36-57-61(52,53)59-44-41(49)40(48)42(50)45(43(44)51)60-62(54,55)63/h37,40-45,48-51H,3-36H2,1-2H3,(H,52,53)(H2,54,55,63)/t37-,40-,41-,42+,43+,44+,45-/m1/s1. The van der Waals surface area contributed by atoms with Crippen LogP contribution in [0.15, 0.2) is 0 Å². The van der Waals surface area contributed by atoms with E-state index in [0.29, 0.717) is 12.8 Å². The van der Waals surface area contributed by atoms with Gasteiger partial charge in [0.15, 0.2) is 6.10 Å². The summed E-state index contributed by atoms with van der Waals surface area (Å²) in [5, 5.41) is 41.5. The van der Waals surface area contributed by atoms with Crippen LogP contribution in [0.2, 0.25) is 0 Å². The zero-order valence-electron chi connectivity index (χ0n) is 38.8. The molecule has 63 heavy (non-hydrogen) atoms. The lowest BCUT2D eigenvalue weighted by molar-refractivity contribution is -0.215. The SMILES string of the molecule is CCCCCCCCCCCCCCCCCC(=O)OC[C@H](COP(=O)(O)O[C@@H]1[C@H](O)[C@H](OP(O)(O)=S)[C@@H](O)[C@H](O)[C@H]1O)OC(=O)CCCCCCCCCCCCCCCCC. The third-order valence-electron chi connectivity index (χ3n) is 11.7. The van der Waals surface area contributed by atoms with Gasteiger partial charge in [0.25, 0.3) is 0 Å². The van der Waals surface area contributed by atoms with E-state index in [9.17, 15) is 49.3 Å². The summed E-state index contributed by atoms with van der Waals surface area (Å²) in [5.74, 6) is -1.15. The Morgan fingerprint density at radius 1 is 0.476 bits per heavy atom. The fourth-order valence-electron chi connectivity index (χ4n) is 7.85. The summed E-state index contributed by atoms with van der Waals surface area (Å²) < 4.78 is 38.6. The van der Waals surface area contributed by atoms with Crippen LogP contribution in [0.25, 0.3) is 0 Å². The van der Waals surface area contributed by atoms with Gasteiger partial charge in [-0.05, 0) is 24.6 Å². The van der Waals surface area contributed by atoms with Gasteiger partial charge in [-0.3, -0.25) is 23.2 Å². The first-order chi connectivity index (χ1) is 30.1. The number of rotatable bonds is 42. The van der Waals surface area contributed by atoms with Crippen molar-refractivity contribution in [3.8, 4) is 0 Å². The number of carbonyl (C=O) groups excluding carboxylic acids is 2. The van der Waals surface area contributed by atoms with Gasteiger partial charge in [-0.25, -0.2) is 4.57 Å². The molecule has 0 amide bonds. The number of phosphoric acid groups is 1. The van der Waals surface area contributed by atoms with Crippen molar-refractivity contribution in [3.63, 3.8) is 0 Å². The van der Waals surface area contributed by atoms with Gasteiger partial charge in [0.1, 0.15) is 43.2 Å². The van der Waals surface area contributed by atoms with Crippen LogP contribution in [0.5, 0.6) is 0 Å². The number of unbranched alkanes of at least 4 members (excludes halogenated alkanes) is 28. The number of hydrogen-bond acceptors (Lipinski definition) is 13. The summed E-state index contributed by atoms with van der Waals surface area (Å²) in [4.78, 5) is 55.1. The Morgan fingerprint density at radius 2 is 0.810 bits per heavy atom. The highest BCUT2D eigenvalue weighted by Gasteiger charge is 2.53. The number of carbonyl (C=O) groups is 2. The Kier molecular flexibility index (Phi) is 35.9. The molecule has 0 aromatic rings. The Bertz CT molecular complexity index is 1240. The zero-order chi connectivity index (χ0) is 46.8. The maximum Gasteiger partial charge on any atom is 0.472 e. The lowest BCUT2D eigenvalue weighted by atomic mass is 9.85. The molecular formula is C45H88O15P2S. The van der Waals surface area contributed by atoms with E-state index in [4.69, 9.17) is 23.0 Å². The highest BCUT2D eigenvalue weighted by atomic mass is 32.5. The molecule has 8 atom stereocenters. The van der Waals surface area contributed by atoms with E-state index in [-0.39, 0.29) is 12.8 Å². The summed E-state index contributed by atoms with van der Waals surface area (Å²) in [6.45, 7) is -1.32. The van der Waals surface area contributed by atoms with Crippen molar-refractivity contribution in [3.05, 3.63) is 0 Å². The van der Waals surface area contributed by atoms with Crippen LogP contribution in [-0.4, -0.2) is 103 Å². The van der Waals surface area contributed by atoms with Crippen molar-refractivity contribution in [2.24, 2.45) is 0 Å². The Hall–Kier alpha value is -0.580. The van der Waals surface area contributed by atoms with Gasteiger partial charge in [-0.2, -0.15) is 0 Å². The van der Waals surface area contributed by atoms with E-state index in [1.807, 2.05) is 0 Å². The molecule has 0 radical (unpaired) electrons. The molecule has 374 valence electrons. The Labute approximate surface area is 384 Å². The van der Waals surface area contributed by atoms with Crippen LogP contribution in [0, 0.1) is 0 Å². The van der Waals surface area contributed by atoms with Gasteiger partial charge < -0.3 is 44.6 Å². The van der Waals surface area contributed by atoms with E-state index in [2.05, 4.69) is 25.7 Å². The summed E-state index contributed by atoms with van der Waals surface area (Å²) in [5.41, 5.74) is 0. The van der Waals surface area contributed by atoms with Crippen molar-refractivity contribution in [1.29, 1.82) is 0 Å². The molecule has 0 spiro atoms. The molecule has 1 unspecified atom stereocenters. The minimum absolute atomic E-state index is 0.0693. The smallest absolute Gasteiger partial charge is 0.462 e. The first-order valence-corrected chi connectivity index (χ1v) is 28.7. The molecule has 1 aliphatic rings. The molecule has 0 aromatic carbocycles. The fraction of sp³-hybridized carbons (Fsp3) is 0.956. The van der Waals surface area contributed by atoms with Gasteiger partial charge in [0.2, 0.25) is 0 Å². The van der Waals surface area contributed by atoms with Crippen LogP contribution in [0.1, 0.15) is 219 Å². The molecule has 1 saturated carbocycles. The van der Waals surface area contributed by atoms with Gasteiger partial charge in [0, 0.05) is 12.8 Å². The van der Waals surface area contributed by atoms with E-state index in [0.717, 1.165) is 44.9 Å². The lowest BCUT2D eigenvalue weighted by Gasteiger charge is -2.43. The average Bonchev–Trinajstić information content (AvgIpc) is 3.23. The van der Waals surface area contributed by atoms with Crippen LogP contribution in [0.4, 0.5) is 0 Å². The molecule has 7 N–H and O–H groups in total. The molecule has 1 aliphatic carbocycles. The minimum atomic E-state index is -5.25. The monoisotopic (exact) mass is 963 g/mol. The molecule has 0 aromatic heterocycles. The normalized spacial score (nSPS) is 21.9. The van der Waals surface area contributed by atoms with Gasteiger partial charge in [-0.1, -0.05) is 194 Å². The van der Waals surface area contributed by atoms with Crippen molar-refractivity contribution in [1.82, 2.24) is 0 Å². The van der Waals surface area contributed by atoms with E-state index in [1.54, 1.807) is 0 Å². The zero-order valence-corrected chi connectivity index (χ0v) is 41.4. The van der Waals surface area contributed by atoms with Gasteiger partial charge >= 0.3 is 26.5 Å². The fourth-order valence-corrected chi connectivity index (χ4v) is 9.69. The maximum absolute atomic E-state index is 13.0. The predicted octanol–water partition coefficient (Wildman–Crippen LogP) is 9.52. The molecular weight excluding hydrogens is 874 g/mol. The molecule has 0 aliphatic heterocycles. The van der Waals surface area contributed by atoms with Crippen LogP contribution < -0.4 is 0 Å². The minimum Gasteiger partial charge on any atom is -0.462 e.